The topological polar surface area (TPSA) is 49.3 Å². The molecule has 1 rings (SSSR count). The summed E-state index contributed by atoms with van der Waals surface area (Å²) in [6.07, 6.45) is 2.69. The summed E-state index contributed by atoms with van der Waals surface area (Å²) in [5.74, 6) is -0.203. The van der Waals surface area contributed by atoms with E-state index in [9.17, 15) is 9.90 Å². The second-order valence-electron chi connectivity index (χ2n) is 5.58. The molecule has 3 nitrogen and oxygen atoms in total. The summed E-state index contributed by atoms with van der Waals surface area (Å²) in [6.45, 7) is 9.30. The third kappa shape index (κ3) is 4.52. The minimum absolute atomic E-state index is 0.203. The summed E-state index contributed by atoms with van der Waals surface area (Å²) in [5.41, 5.74) is 2.73. The van der Waals surface area contributed by atoms with Gasteiger partial charge in [0.1, 0.15) is 0 Å². The van der Waals surface area contributed by atoms with E-state index in [1.807, 2.05) is 26.0 Å². The molecule has 0 aliphatic carbocycles. The largest absolute Gasteiger partial charge is 0.391 e. The van der Waals surface area contributed by atoms with Crippen LogP contribution in [0.5, 0.6) is 0 Å². The Kier molecular flexibility index (Phi) is 4.90. The average Bonchev–Trinajstić information content (AvgIpc) is 2.27. The fraction of sp³-hybridized carbons (Fsp3) is 0.438. The van der Waals surface area contributed by atoms with Crippen molar-refractivity contribution < 1.29 is 9.90 Å². The van der Waals surface area contributed by atoms with Crippen molar-refractivity contribution in [3.63, 3.8) is 0 Å². The molecular weight excluding hydrogens is 238 g/mol. The van der Waals surface area contributed by atoms with Gasteiger partial charge in [-0.1, -0.05) is 23.8 Å². The molecule has 19 heavy (non-hydrogen) atoms. The van der Waals surface area contributed by atoms with Crippen molar-refractivity contribution in [2.45, 2.75) is 46.3 Å². The second-order valence-corrected chi connectivity index (χ2v) is 5.58. The molecule has 1 aromatic carbocycles. The van der Waals surface area contributed by atoms with Crippen LogP contribution >= 0.6 is 0 Å². The number of rotatable bonds is 4. The highest BCUT2D eigenvalue weighted by molar-refractivity contribution is 5.92. The molecule has 0 heterocycles. The molecule has 0 bridgehead atoms. The predicted molar refractivity (Wildman–Crippen MR) is 78.9 cm³/mol. The van der Waals surface area contributed by atoms with Gasteiger partial charge in [0.2, 0.25) is 5.91 Å². The number of amides is 1. The van der Waals surface area contributed by atoms with Crippen molar-refractivity contribution in [1.82, 2.24) is 5.32 Å². The summed E-state index contributed by atoms with van der Waals surface area (Å²) in [4.78, 5) is 11.8. The van der Waals surface area contributed by atoms with E-state index in [4.69, 9.17) is 0 Å². The minimum Gasteiger partial charge on any atom is -0.391 e. The molecule has 0 aliphatic heterocycles. The van der Waals surface area contributed by atoms with Gasteiger partial charge in [-0.3, -0.25) is 4.79 Å². The zero-order valence-electron chi connectivity index (χ0n) is 12.3. The number of aryl methyl sites for hydroxylation is 2. The van der Waals surface area contributed by atoms with Crippen molar-refractivity contribution >= 4 is 12.0 Å². The summed E-state index contributed by atoms with van der Waals surface area (Å²) in [5, 5.41) is 12.3. The number of carbonyl (C=O) groups is 1. The molecule has 0 radical (unpaired) electrons. The van der Waals surface area contributed by atoms with Crippen molar-refractivity contribution in [2.24, 2.45) is 0 Å². The van der Waals surface area contributed by atoms with Crippen LogP contribution in [-0.2, 0) is 4.79 Å². The van der Waals surface area contributed by atoms with E-state index in [2.05, 4.69) is 11.4 Å². The third-order valence-electron chi connectivity index (χ3n) is 3.33. The lowest BCUT2D eigenvalue weighted by molar-refractivity contribution is -0.119. The number of hydrogen-bond donors (Lipinski definition) is 2. The predicted octanol–water partition coefficient (Wildman–Crippen LogP) is 2.59. The Morgan fingerprint density at radius 3 is 2.53 bits per heavy atom. The molecule has 0 saturated heterocycles. The molecule has 0 spiro atoms. The lowest BCUT2D eigenvalue weighted by Crippen LogP contribution is -2.50. The van der Waals surface area contributed by atoms with Crippen LogP contribution < -0.4 is 5.32 Å². The zero-order valence-corrected chi connectivity index (χ0v) is 12.3. The van der Waals surface area contributed by atoms with Crippen molar-refractivity contribution in [3.8, 4) is 0 Å². The van der Waals surface area contributed by atoms with Gasteiger partial charge in [-0.25, -0.2) is 0 Å². The zero-order chi connectivity index (χ0) is 14.6. The van der Waals surface area contributed by atoms with E-state index in [0.717, 1.165) is 11.1 Å². The molecule has 0 aliphatic rings. The Labute approximate surface area is 115 Å². The van der Waals surface area contributed by atoms with Gasteiger partial charge in [-0.15, -0.1) is 0 Å². The lowest BCUT2D eigenvalue weighted by Gasteiger charge is -2.28. The molecule has 1 unspecified atom stereocenters. The van der Waals surface area contributed by atoms with Crippen LogP contribution in [0, 0.1) is 13.8 Å². The molecule has 0 aromatic heterocycles. The molecule has 0 saturated carbocycles. The first-order chi connectivity index (χ1) is 8.72. The molecule has 0 fully saturated rings. The average molecular weight is 261 g/mol. The number of nitrogens with one attached hydrogen (secondary N) is 1. The molecule has 1 atom stereocenters. The highest BCUT2D eigenvalue weighted by Crippen LogP contribution is 2.12. The van der Waals surface area contributed by atoms with Gasteiger partial charge in [0.05, 0.1) is 11.6 Å². The van der Waals surface area contributed by atoms with Gasteiger partial charge < -0.3 is 10.4 Å². The number of benzene rings is 1. The van der Waals surface area contributed by atoms with Crippen LogP contribution in [-0.4, -0.2) is 22.7 Å². The van der Waals surface area contributed by atoms with Gasteiger partial charge in [-0.2, -0.15) is 0 Å². The Morgan fingerprint density at radius 2 is 2.00 bits per heavy atom. The van der Waals surface area contributed by atoms with Gasteiger partial charge >= 0.3 is 0 Å². The van der Waals surface area contributed by atoms with Crippen LogP contribution in [0.2, 0.25) is 0 Å². The highest BCUT2D eigenvalue weighted by Gasteiger charge is 2.24. The molecule has 104 valence electrons. The van der Waals surface area contributed by atoms with Crippen LogP contribution in [0.3, 0.4) is 0 Å². The summed E-state index contributed by atoms with van der Waals surface area (Å²) in [6, 6.07) is 6.09. The normalized spacial score (nSPS) is 13.6. The Bertz CT molecular complexity index is 488. The van der Waals surface area contributed by atoms with E-state index in [-0.39, 0.29) is 5.91 Å². The van der Waals surface area contributed by atoms with E-state index >= 15 is 0 Å². The number of aliphatic hydroxyl groups is 1. The first kappa shape index (κ1) is 15.4. The van der Waals surface area contributed by atoms with Crippen molar-refractivity contribution in [1.29, 1.82) is 0 Å². The smallest absolute Gasteiger partial charge is 0.244 e. The second kappa shape index (κ2) is 6.02. The number of aliphatic hydroxyl groups excluding tert-OH is 1. The van der Waals surface area contributed by atoms with Crippen LogP contribution in [0.15, 0.2) is 24.3 Å². The van der Waals surface area contributed by atoms with Gasteiger partial charge in [-0.05, 0) is 51.8 Å². The molecule has 1 aromatic rings. The fourth-order valence-electron chi connectivity index (χ4n) is 1.64. The Hall–Kier alpha value is -1.61. The summed E-state index contributed by atoms with van der Waals surface area (Å²) >= 11 is 0. The quantitative estimate of drug-likeness (QED) is 0.818. The maximum absolute atomic E-state index is 11.8. The molecule has 2 N–H and O–H groups in total. The maximum atomic E-state index is 11.8. The van der Waals surface area contributed by atoms with Crippen LogP contribution in [0.4, 0.5) is 0 Å². The first-order valence-corrected chi connectivity index (χ1v) is 6.48. The SMILES string of the molecule is Cc1ccc(/C=C/C(=O)NC(C)(C)C(C)O)c(C)c1. The monoisotopic (exact) mass is 261 g/mol. The van der Waals surface area contributed by atoms with Gasteiger partial charge in [0.15, 0.2) is 0 Å². The Balaban J connectivity index is 2.74. The maximum Gasteiger partial charge on any atom is 0.244 e. The third-order valence-corrected chi connectivity index (χ3v) is 3.33. The Morgan fingerprint density at radius 1 is 1.37 bits per heavy atom. The fourth-order valence-corrected chi connectivity index (χ4v) is 1.64. The molecular formula is C16H23NO2. The van der Waals surface area contributed by atoms with Gasteiger partial charge in [0.25, 0.3) is 0 Å². The lowest BCUT2D eigenvalue weighted by atomic mass is 9.99. The van der Waals surface area contributed by atoms with Crippen LogP contribution in [0.25, 0.3) is 6.08 Å². The van der Waals surface area contributed by atoms with Crippen LogP contribution in [0.1, 0.15) is 37.5 Å². The van der Waals surface area contributed by atoms with Crippen molar-refractivity contribution in [3.05, 3.63) is 41.0 Å². The highest BCUT2D eigenvalue weighted by atomic mass is 16.3. The van der Waals surface area contributed by atoms with Crippen molar-refractivity contribution in [2.75, 3.05) is 0 Å². The van der Waals surface area contributed by atoms with E-state index in [1.165, 1.54) is 11.6 Å². The van der Waals surface area contributed by atoms with E-state index in [0.29, 0.717) is 0 Å². The first-order valence-electron chi connectivity index (χ1n) is 6.48. The summed E-state index contributed by atoms with van der Waals surface area (Å²) in [7, 11) is 0. The van der Waals surface area contributed by atoms with Gasteiger partial charge in [0, 0.05) is 6.08 Å². The standard InChI is InChI=1S/C16H23NO2/c1-11-6-7-14(12(2)10-11)8-9-15(19)17-16(4,5)13(3)18/h6-10,13,18H,1-5H3,(H,17,19)/b9-8+. The molecule has 1 amide bonds. The number of hydrogen-bond acceptors (Lipinski definition) is 2. The molecule has 3 heteroatoms. The minimum atomic E-state index is -0.635. The van der Waals surface area contributed by atoms with E-state index < -0.39 is 11.6 Å². The summed E-state index contributed by atoms with van der Waals surface area (Å²) < 4.78 is 0. The van der Waals surface area contributed by atoms with E-state index in [1.54, 1.807) is 26.8 Å². The number of carbonyl (C=O) groups excluding carboxylic acids is 1.